The molecule has 1 aliphatic rings. The predicted octanol–water partition coefficient (Wildman–Crippen LogP) is 4.12. The first kappa shape index (κ1) is 22.3. The summed E-state index contributed by atoms with van der Waals surface area (Å²) < 4.78 is 32.9. The van der Waals surface area contributed by atoms with E-state index < -0.39 is 10.0 Å². The van der Waals surface area contributed by atoms with E-state index in [0.717, 1.165) is 16.2 Å². The van der Waals surface area contributed by atoms with E-state index in [1.165, 1.54) is 10.4 Å². The van der Waals surface area contributed by atoms with Crippen molar-refractivity contribution in [3.8, 4) is 0 Å². The molecule has 164 valence electrons. The highest BCUT2D eigenvalue weighted by molar-refractivity contribution is 7.98. The van der Waals surface area contributed by atoms with Gasteiger partial charge in [-0.3, -0.25) is 10.1 Å². The minimum absolute atomic E-state index is 0.0527. The van der Waals surface area contributed by atoms with Crippen molar-refractivity contribution in [2.24, 2.45) is 5.92 Å². The second-order valence-corrected chi connectivity index (χ2v) is 11.8. The number of nitrogens with one attached hydrogen (secondary N) is 1. The molecule has 31 heavy (non-hydrogen) atoms. The number of rotatable bonds is 7. The van der Waals surface area contributed by atoms with Crippen LogP contribution in [0.1, 0.15) is 18.7 Å². The molecular formula is C19H19ClN4O4S3. The number of thiophene rings is 1. The Morgan fingerprint density at radius 3 is 2.61 bits per heavy atom. The lowest BCUT2D eigenvalue weighted by atomic mass is 9.97. The summed E-state index contributed by atoms with van der Waals surface area (Å²) in [5.41, 5.74) is 0. The van der Waals surface area contributed by atoms with Crippen LogP contribution in [0.5, 0.6) is 0 Å². The van der Waals surface area contributed by atoms with Gasteiger partial charge in [0.25, 0.3) is 10.0 Å². The highest BCUT2D eigenvalue weighted by atomic mass is 35.5. The van der Waals surface area contributed by atoms with Crippen LogP contribution in [0.4, 0.5) is 6.01 Å². The minimum atomic E-state index is -3.58. The molecule has 0 saturated carbocycles. The van der Waals surface area contributed by atoms with Crippen molar-refractivity contribution in [1.82, 2.24) is 14.5 Å². The molecule has 1 amide bonds. The van der Waals surface area contributed by atoms with Gasteiger partial charge in [0.15, 0.2) is 0 Å². The average Bonchev–Trinajstić information content (AvgIpc) is 3.42. The van der Waals surface area contributed by atoms with Gasteiger partial charge in [-0.15, -0.1) is 28.2 Å². The van der Waals surface area contributed by atoms with E-state index >= 15 is 0 Å². The summed E-state index contributed by atoms with van der Waals surface area (Å²) in [6.45, 7) is 0.525. The molecule has 0 spiro atoms. The number of sulfonamides is 1. The molecule has 2 aromatic heterocycles. The van der Waals surface area contributed by atoms with Crippen molar-refractivity contribution in [3.05, 3.63) is 52.7 Å². The zero-order chi connectivity index (χ0) is 21.8. The molecule has 0 bridgehead atoms. The molecule has 1 fully saturated rings. The van der Waals surface area contributed by atoms with Gasteiger partial charge in [0, 0.05) is 23.9 Å². The fourth-order valence-electron chi connectivity index (χ4n) is 3.15. The quantitative estimate of drug-likeness (QED) is 0.488. The minimum Gasteiger partial charge on any atom is -0.407 e. The number of anilines is 1. The third-order valence-corrected chi connectivity index (χ3v) is 9.36. The molecule has 3 aromatic rings. The van der Waals surface area contributed by atoms with Crippen LogP contribution in [0.15, 0.2) is 56.0 Å². The molecule has 0 radical (unpaired) electrons. The van der Waals surface area contributed by atoms with Crippen LogP contribution in [-0.4, -0.2) is 41.9 Å². The molecule has 1 aliphatic heterocycles. The Morgan fingerprint density at radius 2 is 1.94 bits per heavy atom. The number of hydrogen-bond acceptors (Lipinski definition) is 8. The Morgan fingerprint density at radius 1 is 1.19 bits per heavy atom. The monoisotopic (exact) mass is 498 g/mol. The van der Waals surface area contributed by atoms with Crippen LogP contribution in [-0.2, 0) is 20.6 Å². The van der Waals surface area contributed by atoms with Gasteiger partial charge in [0.2, 0.25) is 11.8 Å². The number of carbonyl (C=O) groups excluding carboxylic acids is 1. The van der Waals surface area contributed by atoms with Crippen LogP contribution >= 0.6 is 34.7 Å². The third kappa shape index (κ3) is 5.47. The molecular weight excluding hydrogens is 480 g/mol. The fourth-order valence-corrected chi connectivity index (χ4v) is 7.02. The number of nitrogens with zero attached hydrogens (tertiary/aromatic N) is 3. The van der Waals surface area contributed by atoms with Gasteiger partial charge in [-0.2, -0.15) is 4.31 Å². The Bertz CT molecular complexity index is 1140. The van der Waals surface area contributed by atoms with Gasteiger partial charge in [0.1, 0.15) is 4.21 Å². The maximum absolute atomic E-state index is 12.7. The Kier molecular flexibility index (Phi) is 6.97. The second-order valence-electron chi connectivity index (χ2n) is 6.83. The molecule has 0 unspecified atom stereocenters. The van der Waals surface area contributed by atoms with Crippen molar-refractivity contribution in [3.63, 3.8) is 0 Å². The summed E-state index contributed by atoms with van der Waals surface area (Å²) in [5.74, 6) is 0.338. The lowest BCUT2D eigenvalue weighted by Crippen LogP contribution is -2.41. The maximum Gasteiger partial charge on any atom is 0.322 e. The molecule has 8 nitrogen and oxygen atoms in total. The van der Waals surface area contributed by atoms with Crippen molar-refractivity contribution in [2.75, 3.05) is 18.4 Å². The first-order valence-electron chi connectivity index (χ1n) is 9.48. The van der Waals surface area contributed by atoms with Crippen LogP contribution in [0.3, 0.4) is 0 Å². The Labute approximate surface area is 193 Å². The number of hydrogen-bond donors (Lipinski definition) is 1. The first-order chi connectivity index (χ1) is 14.9. The molecule has 12 heteroatoms. The maximum atomic E-state index is 12.7. The fraction of sp³-hybridized carbons (Fsp3) is 0.316. The molecule has 1 saturated heterocycles. The van der Waals surface area contributed by atoms with Crippen molar-refractivity contribution in [2.45, 2.75) is 27.7 Å². The summed E-state index contributed by atoms with van der Waals surface area (Å²) in [7, 11) is -3.58. The van der Waals surface area contributed by atoms with Crippen LogP contribution < -0.4 is 5.32 Å². The topological polar surface area (TPSA) is 105 Å². The molecule has 3 heterocycles. The zero-order valence-electron chi connectivity index (χ0n) is 16.2. The smallest absolute Gasteiger partial charge is 0.322 e. The van der Waals surface area contributed by atoms with E-state index in [1.807, 2.05) is 30.3 Å². The number of carbonyl (C=O) groups is 1. The highest BCUT2D eigenvalue weighted by Crippen LogP contribution is 2.31. The van der Waals surface area contributed by atoms with Crippen LogP contribution in [0, 0.1) is 5.92 Å². The van der Waals surface area contributed by atoms with E-state index in [2.05, 4.69) is 15.5 Å². The third-order valence-electron chi connectivity index (χ3n) is 4.77. The van der Waals surface area contributed by atoms with Crippen molar-refractivity contribution in [1.29, 1.82) is 0 Å². The van der Waals surface area contributed by atoms with E-state index in [-0.39, 0.29) is 35.1 Å². The number of halogens is 1. The second kappa shape index (κ2) is 9.70. The molecule has 1 aromatic carbocycles. The van der Waals surface area contributed by atoms with E-state index in [4.69, 9.17) is 16.0 Å². The van der Waals surface area contributed by atoms with Crippen molar-refractivity contribution >= 4 is 56.6 Å². The molecule has 4 rings (SSSR count). The summed E-state index contributed by atoms with van der Waals surface area (Å²) in [4.78, 5) is 13.6. The lowest BCUT2D eigenvalue weighted by molar-refractivity contribution is -0.121. The largest absolute Gasteiger partial charge is 0.407 e. The lowest BCUT2D eigenvalue weighted by Gasteiger charge is -2.29. The Hall–Kier alpha value is -1.92. The van der Waals surface area contributed by atoms with E-state index in [1.54, 1.807) is 17.8 Å². The summed E-state index contributed by atoms with van der Waals surface area (Å²) in [6.07, 6.45) is 0.823. The number of amides is 1. The first-order valence-corrected chi connectivity index (χ1v) is 13.1. The number of thioether (sulfide) groups is 1. The zero-order valence-corrected chi connectivity index (χ0v) is 19.4. The van der Waals surface area contributed by atoms with Gasteiger partial charge in [-0.25, -0.2) is 8.42 Å². The van der Waals surface area contributed by atoms with Crippen LogP contribution in [0.2, 0.25) is 4.34 Å². The van der Waals surface area contributed by atoms with Crippen LogP contribution in [0.25, 0.3) is 0 Å². The van der Waals surface area contributed by atoms with E-state index in [0.29, 0.717) is 28.8 Å². The number of benzene rings is 1. The van der Waals surface area contributed by atoms with Gasteiger partial charge in [-0.05, 0) is 37.1 Å². The van der Waals surface area contributed by atoms with Gasteiger partial charge >= 0.3 is 6.01 Å². The SMILES string of the molecule is O=C(Nc1nnc(CSc2ccccc2)o1)C1CCN(S(=O)(=O)c2ccc(Cl)s2)CC1. The standard InChI is InChI=1S/C19H19ClN4O4S3/c20-15-6-7-17(30-15)31(26,27)24-10-8-13(9-11-24)18(25)21-19-23-22-16(28-19)12-29-14-4-2-1-3-5-14/h1-7,13H,8-12H2,(H,21,23,25). The predicted molar refractivity (Wildman–Crippen MR) is 120 cm³/mol. The summed E-state index contributed by atoms with van der Waals surface area (Å²) >= 11 is 8.45. The summed E-state index contributed by atoms with van der Waals surface area (Å²) in [6, 6.07) is 13.0. The average molecular weight is 499 g/mol. The van der Waals surface area contributed by atoms with Gasteiger partial charge in [0.05, 0.1) is 10.1 Å². The van der Waals surface area contributed by atoms with Crippen molar-refractivity contribution < 1.29 is 17.6 Å². The van der Waals surface area contributed by atoms with Gasteiger partial charge in [-0.1, -0.05) is 34.9 Å². The highest BCUT2D eigenvalue weighted by Gasteiger charge is 2.33. The van der Waals surface area contributed by atoms with Gasteiger partial charge < -0.3 is 4.42 Å². The molecule has 1 N–H and O–H groups in total. The summed E-state index contributed by atoms with van der Waals surface area (Å²) in [5, 5.41) is 10.5. The van der Waals surface area contributed by atoms with E-state index in [9.17, 15) is 13.2 Å². The normalized spacial score (nSPS) is 15.8. The number of piperidine rings is 1. The number of aromatic nitrogens is 2. The Balaban J connectivity index is 1.28. The molecule has 0 aliphatic carbocycles. The molecule has 0 atom stereocenters.